The second-order valence-corrected chi connectivity index (χ2v) is 5.36. The minimum Gasteiger partial charge on any atom is -0.397 e. The van der Waals surface area contributed by atoms with Gasteiger partial charge in [0.05, 0.1) is 17.1 Å². The van der Waals surface area contributed by atoms with Crippen LogP contribution in [0.4, 0.5) is 30.2 Å². The van der Waals surface area contributed by atoms with Crippen molar-refractivity contribution in [1.82, 2.24) is 0 Å². The molecule has 0 radical (unpaired) electrons. The topological polar surface area (TPSA) is 72.3 Å². The molecule has 0 amide bonds. The standard InChI is InChI=1S/C16H16F3N3O/c1-8(2)14-9(7-23)3-4-12(16(14)20)22(21)13-6-10(17)5-11(18)15(13)19/h3-8H,20-21H2,1-2H3. The monoisotopic (exact) mass is 323 g/mol. The summed E-state index contributed by atoms with van der Waals surface area (Å²) in [5, 5.41) is 0.761. The van der Waals surface area contributed by atoms with E-state index in [9.17, 15) is 18.0 Å². The predicted molar refractivity (Wildman–Crippen MR) is 83.0 cm³/mol. The maximum absolute atomic E-state index is 13.9. The highest BCUT2D eigenvalue weighted by atomic mass is 19.2. The first-order valence-electron chi connectivity index (χ1n) is 6.84. The number of anilines is 3. The van der Waals surface area contributed by atoms with Crippen LogP contribution in [0.15, 0.2) is 24.3 Å². The summed E-state index contributed by atoms with van der Waals surface area (Å²) < 4.78 is 40.6. The van der Waals surface area contributed by atoms with E-state index in [0.717, 1.165) is 11.1 Å². The van der Waals surface area contributed by atoms with Crippen molar-refractivity contribution in [2.75, 3.05) is 10.7 Å². The number of nitrogens with two attached hydrogens (primary N) is 2. The molecule has 0 spiro atoms. The van der Waals surface area contributed by atoms with E-state index >= 15 is 0 Å². The zero-order valence-corrected chi connectivity index (χ0v) is 12.6. The SMILES string of the molecule is CC(C)c1c(C=O)ccc(N(N)c2cc(F)cc(F)c2F)c1N. The molecule has 0 saturated heterocycles. The van der Waals surface area contributed by atoms with E-state index in [0.29, 0.717) is 23.5 Å². The average Bonchev–Trinajstić information content (AvgIpc) is 2.49. The lowest BCUT2D eigenvalue weighted by molar-refractivity contribution is 0.112. The lowest BCUT2D eigenvalue weighted by Gasteiger charge is -2.24. The Labute approximate surface area is 131 Å². The molecule has 0 aliphatic carbocycles. The summed E-state index contributed by atoms with van der Waals surface area (Å²) in [5.74, 6) is 2.09. The van der Waals surface area contributed by atoms with Crippen LogP contribution in [0.25, 0.3) is 0 Å². The van der Waals surface area contributed by atoms with Crippen molar-refractivity contribution in [1.29, 1.82) is 0 Å². The van der Waals surface area contributed by atoms with Gasteiger partial charge in [0, 0.05) is 17.7 Å². The van der Waals surface area contributed by atoms with E-state index in [2.05, 4.69) is 0 Å². The minimum atomic E-state index is -1.36. The fourth-order valence-corrected chi connectivity index (χ4v) is 2.45. The summed E-state index contributed by atoms with van der Waals surface area (Å²) in [7, 11) is 0. The largest absolute Gasteiger partial charge is 0.397 e. The quantitative estimate of drug-likeness (QED) is 0.296. The number of hydrogen-bond acceptors (Lipinski definition) is 4. The van der Waals surface area contributed by atoms with Crippen LogP contribution in [0.5, 0.6) is 0 Å². The number of hydrazine groups is 1. The number of rotatable bonds is 4. The maximum Gasteiger partial charge on any atom is 0.184 e. The number of aldehydes is 1. The number of hydrogen-bond donors (Lipinski definition) is 2. The van der Waals surface area contributed by atoms with Gasteiger partial charge in [-0.25, -0.2) is 19.0 Å². The molecule has 0 atom stereocenters. The van der Waals surface area contributed by atoms with Gasteiger partial charge in [-0.2, -0.15) is 0 Å². The molecule has 0 fully saturated rings. The number of carbonyl (C=O) groups is 1. The summed E-state index contributed by atoms with van der Waals surface area (Å²) in [6.45, 7) is 3.65. The third-order valence-electron chi connectivity index (χ3n) is 3.50. The Morgan fingerprint density at radius 3 is 2.35 bits per heavy atom. The molecule has 0 aliphatic heterocycles. The van der Waals surface area contributed by atoms with Gasteiger partial charge in [0.15, 0.2) is 11.6 Å². The highest BCUT2D eigenvalue weighted by Crippen LogP contribution is 2.36. The van der Waals surface area contributed by atoms with Gasteiger partial charge in [-0.15, -0.1) is 0 Å². The van der Waals surface area contributed by atoms with Crippen LogP contribution in [0.1, 0.15) is 35.7 Å². The molecule has 4 N–H and O–H groups in total. The van der Waals surface area contributed by atoms with E-state index in [1.807, 2.05) is 13.8 Å². The predicted octanol–water partition coefficient (Wildman–Crippen LogP) is 3.63. The number of benzene rings is 2. The van der Waals surface area contributed by atoms with Crippen molar-refractivity contribution in [3.05, 3.63) is 52.8 Å². The Bertz CT molecular complexity index is 763. The van der Waals surface area contributed by atoms with Crippen LogP contribution in [0.3, 0.4) is 0 Å². The van der Waals surface area contributed by atoms with Crippen molar-refractivity contribution in [2.45, 2.75) is 19.8 Å². The molecule has 0 heterocycles. The summed E-state index contributed by atoms with van der Waals surface area (Å²) in [6, 6.07) is 4.06. The Hall–Kier alpha value is -2.54. The number of nitrogens with zero attached hydrogens (tertiary/aromatic N) is 1. The Kier molecular flexibility index (Phi) is 4.60. The fourth-order valence-electron chi connectivity index (χ4n) is 2.45. The maximum atomic E-state index is 13.9. The Balaban J connectivity index is 2.63. The molecule has 2 rings (SSSR count). The summed E-state index contributed by atoms with van der Waals surface area (Å²) in [6.07, 6.45) is 0.652. The second-order valence-electron chi connectivity index (χ2n) is 5.36. The first-order chi connectivity index (χ1) is 10.8. The van der Waals surface area contributed by atoms with Gasteiger partial charge in [0.1, 0.15) is 12.1 Å². The molecule has 0 aliphatic rings. The van der Waals surface area contributed by atoms with Gasteiger partial charge >= 0.3 is 0 Å². The van der Waals surface area contributed by atoms with E-state index in [1.54, 1.807) is 0 Å². The van der Waals surface area contributed by atoms with Gasteiger partial charge < -0.3 is 5.73 Å². The summed E-state index contributed by atoms with van der Waals surface area (Å²) in [4.78, 5) is 11.1. The molecular formula is C16H16F3N3O. The average molecular weight is 323 g/mol. The van der Waals surface area contributed by atoms with E-state index in [4.69, 9.17) is 11.6 Å². The van der Waals surface area contributed by atoms with Gasteiger partial charge in [-0.1, -0.05) is 13.8 Å². The van der Waals surface area contributed by atoms with Gasteiger partial charge in [0.2, 0.25) is 0 Å². The van der Waals surface area contributed by atoms with Crippen molar-refractivity contribution < 1.29 is 18.0 Å². The lowest BCUT2D eigenvalue weighted by atomic mass is 9.94. The van der Waals surface area contributed by atoms with Crippen LogP contribution in [0, 0.1) is 17.5 Å². The smallest absolute Gasteiger partial charge is 0.184 e. The second kappa shape index (κ2) is 6.29. The molecule has 2 aromatic carbocycles. The van der Waals surface area contributed by atoms with Crippen LogP contribution in [-0.2, 0) is 0 Å². The van der Waals surface area contributed by atoms with Gasteiger partial charge in [-0.3, -0.25) is 9.80 Å². The Morgan fingerprint density at radius 2 is 1.78 bits per heavy atom. The van der Waals surface area contributed by atoms with Gasteiger partial charge in [-0.05, 0) is 23.6 Å². The molecule has 2 aromatic rings. The molecule has 4 nitrogen and oxygen atoms in total. The van der Waals surface area contributed by atoms with Crippen molar-refractivity contribution in [3.63, 3.8) is 0 Å². The molecular weight excluding hydrogens is 307 g/mol. The zero-order valence-electron chi connectivity index (χ0n) is 12.6. The van der Waals surface area contributed by atoms with Crippen molar-refractivity contribution in [2.24, 2.45) is 5.84 Å². The van der Waals surface area contributed by atoms with Crippen LogP contribution in [-0.4, -0.2) is 6.29 Å². The van der Waals surface area contributed by atoms with E-state index in [1.165, 1.54) is 12.1 Å². The van der Waals surface area contributed by atoms with E-state index < -0.39 is 23.1 Å². The minimum absolute atomic E-state index is 0.0994. The summed E-state index contributed by atoms with van der Waals surface area (Å²) >= 11 is 0. The van der Waals surface area contributed by atoms with Crippen molar-refractivity contribution >= 4 is 23.3 Å². The zero-order chi connectivity index (χ0) is 17.3. The molecule has 0 saturated carbocycles. The van der Waals surface area contributed by atoms with Crippen molar-refractivity contribution in [3.8, 4) is 0 Å². The van der Waals surface area contributed by atoms with Crippen LogP contribution < -0.4 is 16.6 Å². The molecule has 7 heteroatoms. The normalized spacial score (nSPS) is 10.9. The molecule has 0 unspecified atom stereocenters. The molecule has 23 heavy (non-hydrogen) atoms. The number of halogens is 3. The van der Waals surface area contributed by atoms with E-state index in [-0.39, 0.29) is 17.3 Å². The van der Waals surface area contributed by atoms with Crippen LogP contribution >= 0.6 is 0 Å². The lowest BCUT2D eigenvalue weighted by Crippen LogP contribution is -2.28. The Morgan fingerprint density at radius 1 is 1.13 bits per heavy atom. The highest BCUT2D eigenvalue weighted by Gasteiger charge is 2.21. The van der Waals surface area contributed by atoms with Crippen LogP contribution in [0.2, 0.25) is 0 Å². The molecule has 122 valence electrons. The number of carbonyl (C=O) groups excluding carboxylic acids is 1. The van der Waals surface area contributed by atoms with Gasteiger partial charge in [0.25, 0.3) is 0 Å². The first kappa shape index (κ1) is 16.8. The molecule has 0 bridgehead atoms. The third kappa shape index (κ3) is 3.00. The summed E-state index contributed by atoms with van der Waals surface area (Å²) in [5.41, 5.74) is 6.74. The first-order valence-corrected chi connectivity index (χ1v) is 6.84. The molecule has 0 aromatic heterocycles. The fraction of sp³-hybridized carbons (Fsp3) is 0.188. The highest BCUT2D eigenvalue weighted by molar-refractivity contribution is 5.87. The third-order valence-corrected chi connectivity index (χ3v) is 3.50. The number of nitrogen functional groups attached to an aromatic ring is 1.